The first kappa shape index (κ1) is 22.3. The van der Waals surface area contributed by atoms with E-state index < -0.39 is 0 Å². The molecule has 33 heavy (non-hydrogen) atoms. The number of rotatable bonds is 7. The Kier molecular flexibility index (Phi) is 6.31. The predicted molar refractivity (Wildman–Crippen MR) is 128 cm³/mol. The third-order valence-corrected chi connectivity index (χ3v) is 5.76. The molecular formula is C26H28N4O3. The van der Waals surface area contributed by atoms with Crippen LogP contribution in [0.25, 0.3) is 16.8 Å². The van der Waals surface area contributed by atoms with Gasteiger partial charge in [0.05, 0.1) is 31.2 Å². The number of amides is 1. The van der Waals surface area contributed by atoms with E-state index in [2.05, 4.69) is 40.5 Å². The number of ether oxygens (including phenoxy) is 2. The van der Waals surface area contributed by atoms with E-state index in [0.717, 1.165) is 33.7 Å². The highest BCUT2D eigenvalue weighted by Crippen LogP contribution is 2.29. The summed E-state index contributed by atoms with van der Waals surface area (Å²) in [4.78, 5) is 17.5. The van der Waals surface area contributed by atoms with Crippen molar-refractivity contribution in [3.8, 4) is 22.6 Å². The summed E-state index contributed by atoms with van der Waals surface area (Å²) in [7, 11) is 3.21. The molecule has 0 aliphatic heterocycles. The first-order valence-corrected chi connectivity index (χ1v) is 10.8. The SMILES string of the molecule is COc1ccc(CCNC(=O)c2cnc3c(-c4cccc(C)c4)c(C)nn3c2C)cc1OC. The molecule has 4 rings (SSSR count). The van der Waals surface area contributed by atoms with Crippen LogP contribution in [0.3, 0.4) is 0 Å². The van der Waals surface area contributed by atoms with Crippen molar-refractivity contribution in [3.63, 3.8) is 0 Å². The molecule has 170 valence electrons. The minimum atomic E-state index is -0.173. The average molecular weight is 445 g/mol. The Morgan fingerprint density at radius 2 is 1.82 bits per heavy atom. The van der Waals surface area contributed by atoms with Crippen LogP contribution in [-0.4, -0.2) is 41.3 Å². The number of carbonyl (C=O) groups is 1. The van der Waals surface area contributed by atoms with Crippen molar-refractivity contribution in [1.82, 2.24) is 19.9 Å². The number of nitrogens with zero attached hydrogens (tertiary/aromatic N) is 3. The van der Waals surface area contributed by atoms with Gasteiger partial charge >= 0.3 is 0 Å². The van der Waals surface area contributed by atoms with Crippen molar-refractivity contribution in [3.05, 3.63) is 76.7 Å². The molecule has 1 amide bonds. The van der Waals surface area contributed by atoms with Crippen LogP contribution < -0.4 is 14.8 Å². The van der Waals surface area contributed by atoms with Crippen LogP contribution in [0.5, 0.6) is 11.5 Å². The summed E-state index contributed by atoms with van der Waals surface area (Å²) < 4.78 is 12.4. The zero-order valence-electron chi connectivity index (χ0n) is 19.6. The Bertz CT molecular complexity index is 1330. The Morgan fingerprint density at radius 1 is 1.03 bits per heavy atom. The predicted octanol–water partition coefficient (Wildman–Crippen LogP) is 4.31. The fraction of sp³-hybridized carbons (Fsp3) is 0.269. The molecule has 0 fully saturated rings. The Balaban J connectivity index is 1.53. The van der Waals surface area contributed by atoms with Crippen LogP contribution in [0, 0.1) is 20.8 Å². The maximum absolute atomic E-state index is 12.9. The van der Waals surface area contributed by atoms with Crippen molar-refractivity contribution >= 4 is 11.6 Å². The lowest BCUT2D eigenvalue weighted by Crippen LogP contribution is -2.27. The lowest BCUT2D eigenvalue weighted by Gasteiger charge is -2.11. The van der Waals surface area contributed by atoms with E-state index in [4.69, 9.17) is 9.47 Å². The number of aromatic nitrogens is 3. The largest absolute Gasteiger partial charge is 0.493 e. The van der Waals surface area contributed by atoms with Crippen LogP contribution in [0.4, 0.5) is 0 Å². The van der Waals surface area contributed by atoms with Crippen molar-refractivity contribution in [1.29, 1.82) is 0 Å². The summed E-state index contributed by atoms with van der Waals surface area (Å²) in [6, 6.07) is 14.0. The Morgan fingerprint density at radius 3 is 2.55 bits per heavy atom. The molecule has 0 atom stereocenters. The number of hydrogen-bond acceptors (Lipinski definition) is 5. The van der Waals surface area contributed by atoms with Gasteiger partial charge < -0.3 is 14.8 Å². The molecule has 4 aromatic rings. The summed E-state index contributed by atoms with van der Waals surface area (Å²) >= 11 is 0. The first-order valence-electron chi connectivity index (χ1n) is 10.8. The van der Waals surface area contributed by atoms with E-state index in [9.17, 15) is 4.79 Å². The molecule has 7 nitrogen and oxygen atoms in total. The van der Waals surface area contributed by atoms with Crippen molar-refractivity contribution < 1.29 is 14.3 Å². The topological polar surface area (TPSA) is 77.8 Å². The molecule has 2 aromatic carbocycles. The van der Waals surface area contributed by atoms with Gasteiger partial charge in [-0.3, -0.25) is 4.79 Å². The van der Waals surface area contributed by atoms with Gasteiger partial charge in [-0.15, -0.1) is 0 Å². The number of nitrogens with one attached hydrogen (secondary N) is 1. The molecule has 7 heteroatoms. The lowest BCUT2D eigenvalue weighted by atomic mass is 10.0. The van der Waals surface area contributed by atoms with Gasteiger partial charge in [-0.05, 0) is 50.5 Å². The second-order valence-corrected chi connectivity index (χ2v) is 8.02. The molecule has 0 aliphatic rings. The summed E-state index contributed by atoms with van der Waals surface area (Å²) in [5.74, 6) is 1.18. The zero-order chi connectivity index (χ0) is 23.5. The quantitative estimate of drug-likeness (QED) is 0.460. The van der Waals surface area contributed by atoms with Gasteiger partial charge in [-0.1, -0.05) is 35.9 Å². The van der Waals surface area contributed by atoms with E-state index >= 15 is 0 Å². The Hall–Kier alpha value is -3.87. The molecule has 0 saturated heterocycles. The third kappa shape index (κ3) is 4.39. The highest BCUT2D eigenvalue weighted by atomic mass is 16.5. The molecular weight excluding hydrogens is 416 g/mol. The summed E-state index contributed by atoms with van der Waals surface area (Å²) in [5.41, 5.74) is 7.17. The van der Waals surface area contributed by atoms with Gasteiger partial charge in [0.2, 0.25) is 0 Å². The minimum Gasteiger partial charge on any atom is -0.493 e. The summed E-state index contributed by atoms with van der Waals surface area (Å²) in [5, 5.41) is 7.66. The van der Waals surface area contributed by atoms with Crippen LogP contribution in [0.15, 0.2) is 48.7 Å². The number of benzene rings is 2. The lowest BCUT2D eigenvalue weighted by molar-refractivity contribution is 0.0952. The zero-order valence-corrected chi connectivity index (χ0v) is 19.6. The molecule has 1 N–H and O–H groups in total. The van der Waals surface area contributed by atoms with Gasteiger partial charge in [0.1, 0.15) is 0 Å². The third-order valence-electron chi connectivity index (χ3n) is 5.76. The standard InChI is InChI=1S/C26H28N4O3/c1-16-7-6-8-20(13-16)24-17(2)29-30-18(3)21(15-28-25(24)30)26(31)27-12-11-19-9-10-22(32-4)23(14-19)33-5/h6-10,13-15H,11-12H2,1-5H3,(H,27,31). The van der Waals surface area contributed by atoms with Crippen molar-refractivity contribution in [2.75, 3.05) is 20.8 Å². The molecule has 2 heterocycles. The molecule has 0 unspecified atom stereocenters. The second-order valence-electron chi connectivity index (χ2n) is 8.02. The second kappa shape index (κ2) is 9.32. The summed E-state index contributed by atoms with van der Waals surface area (Å²) in [6.07, 6.45) is 2.30. The van der Waals surface area contributed by atoms with Crippen LogP contribution in [0.2, 0.25) is 0 Å². The van der Waals surface area contributed by atoms with Crippen LogP contribution in [0.1, 0.15) is 32.9 Å². The Labute approximate surface area is 193 Å². The number of carbonyl (C=O) groups excluding carboxylic acids is 1. The monoisotopic (exact) mass is 444 g/mol. The smallest absolute Gasteiger partial charge is 0.254 e. The molecule has 0 radical (unpaired) electrons. The molecule has 0 saturated carbocycles. The molecule has 2 aromatic heterocycles. The summed E-state index contributed by atoms with van der Waals surface area (Å²) in [6.45, 7) is 6.41. The number of methoxy groups -OCH3 is 2. The van der Waals surface area contributed by atoms with E-state index in [1.54, 1.807) is 24.9 Å². The average Bonchev–Trinajstić information content (AvgIpc) is 3.15. The first-order chi connectivity index (χ1) is 15.9. The molecule has 0 spiro atoms. The number of hydrogen-bond donors (Lipinski definition) is 1. The maximum atomic E-state index is 12.9. The highest BCUT2D eigenvalue weighted by molar-refractivity contribution is 5.95. The fourth-order valence-electron chi connectivity index (χ4n) is 4.01. The van der Waals surface area contributed by atoms with Crippen LogP contribution in [-0.2, 0) is 6.42 Å². The van der Waals surface area contributed by atoms with E-state index in [-0.39, 0.29) is 5.91 Å². The van der Waals surface area contributed by atoms with Crippen LogP contribution >= 0.6 is 0 Å². The van der Waals surface area contributed by atoms with Gasteiger partial charge in [0.25, 0.3) is 5.91 Å². The normalized spacial score (nSPS) is 10.9. The van der Waals surface area contributed by atoms with Gasteiger partial charge in [0, 0.05) is 18.3 Å². The number of fused-ring (bicyclic) bond motifs is 1. The van der Waals surface area contributed by atoms with E-state index in [0.29, 0.717) is 30.0 Å². The van der Waals surface area contributed by atoms with Gasteiger partial charge in [0.15, 0.2) is 17.1 Å². The minimum absolute atomic E-state index is 0.173. The van der Waals surface area contributed by atoms with Crippen molar-refractivity contribution in [2.45, 2.75) is 27.2 Å². The van der Waals surface area contributed by atoms with Gasteiger partial charge in [-0.25, -0.2) is 9.50 Å². The maximum Gasteiger partial charge on any atom is 0.254 e. The van der Waals surface area contributed by atoms with E-state index in [1.165, 1.54) is 5.56 Å². The van der Waals surface area contributed by atoms with E-state index in [1.807, 2.05) is 38.1 Å². The van der Waals surface area contributed by atoms with Gasteiger partial charge in [-0.2, -0.15) is 5.10 Å². The van der Waals surface area contributed by atoms with Crippen molar-refractivity contribution in [2.24, 2.45) is 0 Å². The fourth-order valence-corrected chi connectivity index (χ4v) is 4.01. The molecule has 0 bridgehead atoms. The highest BCUT2D eigenvalue weighted by Gasteiger charge is 2.18. The number of aryl methyl sites for hydroxylation is 3. The molecule has 0 aliphatic carbocycles.